The molecule has 3 nitrogen and oxygen atoms in total. The minimum atomic E-state index is 0.888. The molecule has 0 saturated heterocycles. The first-order chi connectivity index (χ1) is 33.2. The van der Waals surface area contributed by atoms with Crippen LogP contribution < -0.4 is 4.90 Å². The fourth-order valence-corrected chi connectivity index (χ4v) is 10.1. The molecule has 0 aliphatic carbocycles. The number of benzene rings is 11. The first-order valence-corrected chi connectivity index (χ1v) is 22.9. The number of rotatable bonds is 8. The number of anilines is 3. The number of furan rings is 1. The third-order valence-electron chi connectivity index (χ3n) is 13.4. The highest BCUT2D eigenvalue weighted by atomic mass is 16.3. The van der Waals surface area contributed by atoms with Crippen LogP contribution in [0.4, 0.5) is 17.1 Å². The lowest BCUT2D eigenvalue weighted by Crippen LogP contribution is -2.11. The van der Waals surface area contributed by atoms with Crippen molar-refractivity contribution in [3.63, 3.8) is 0 Å². The summed E-state index contributed by atoms with van der Waals surface area (Å²) in [6.07, 6.45) is 0. The van der Waals surface area contributed by atoms with Crippen LogP contribution in [-0.4, -0.2) is 4.57 Å². The van der Waals surface area contributed by atoms with E-state index in [1.165, 1.54) is 54.8 Å². The second-order valence-corrected chi connectivity index (χ2v) is 17.3. The minimum absolute atomic E-state index is 0.888. The van der Waals surface area contributed by atoms with Crippen molar-refractivity contribution in [2.45, 2.75) is 0 Å². The first kappa shape index (κ1) is 38.5. The molecule has 11 aromatic carbocycles. The van der Waals surface area contributed by atoms with Gasteiger partial charge in [0.25, 0.3) is 0 Å². The van der Waals surface area contributed by atoms with Gasteiger partial charge < -0.3 is 13.9 Å². The van der Waals surface area contributed by atoms with Crippen molar-refractivity contribution < 1.29 is 4.42 Å². The Morgan fingerprint density at radius 3 is 1.63 bits per heavy atom. The zero-order valence-electron chi connectivity index (χ0n) is 36.6. The predicted octanol–water partition coefficient (Wildman–Crippen LogP) is 18.0. The van der Waals surface area contributed by atoms with E-state index in [0.29, 0.717) is 0 Å². The van der Waals surface area contributed by atoms with E-state index in [2.05, 4.69) is 252 Å². The van der Waals surface area contributed by atoms with E-state index in [4.69, 9.17) is 4.42 Å². The molecule has 0 N–H and O–H groups in total. The zero-order chi connectivity index (χ0) is 44.3. The van der Waals surface area contributed by atoms with Crippen molar-refractivity contribution in [2.75, 3.05) is 4.90 Å². The lowest BCUT2D eigenvalue weighted by Gasteiger charge is -2.28. The molecule has 0 radical (unpaired) electrons. The van der Waals surface area contributed by atoms with Crippen molar-refractivity contribution in [1.82, 2.24) is 4.57 Å². The molecular formula is C64H42N2O. The van der Waals surface area contributed by atoms with Crippen molar-refractivity contribution in [1.29, 1.82) is 0 Å². The molecule has 0 atom stereocenters. The summed E-state index contributed by atoms with van der Waals surface area (Å²) < 4.78 is 8.72. The Kier molecular flexibility index (Phi) is 9.17. The van der Waals surface area contributed by atoms with Gasteiger partial charge in [-0.2, -0.15) is 0 Å². The molecule has 0 spiro atoms. The SMILES string of the molecule is c1cc(-c2ccc3c(c2)oc2ccccc23)cc(N(c2ccc(-c3ccc(-c4cccc(-n5c6ccccc6c6ccccc65)c4)cc3)cc2)c2ccccc2-c2ccc3ccccc3c2)c1. The Bertz CT molecular complexity index is 3930. The second-order valence-electron chi connectivity index (χ2n) is 17.3. The molecule has 3 heteroatoms. The quantitative estimate of drug-likeness (QED) is 0.152. The molecule has 0 amide bonds. The topological polar surface area (TPSA) is 21.3 Å². The Morgan fingerprint density at radius 2 is 0.851 bits per heavy atom. The maximum Gasteiger partial charge on any atom is 0.136 e. The van der Waals surface area contributed by atoms with Crippen molar-refractivity contribution in [2.24, 2.45) is 0 Å². The number of fused-ring (bicyclic) bond motifs is 7. The highest BCUT2D eigenvalue weighted by molar-refractivity contribution is 6.09. The lowest BCUT2D eigenvalue weighted by atomic mass is 9.97. The standard InChI is InChI=1S/C64H42N2O/c1-2-14-47-39-51(32-31-43(47)13-1)55-19-3-7-23-60(55)65(53-17-12-16-49(41-53)50-35-38-59-58-22-6-10-26-63(58)67-64(59)42-50)52-36-33-45(34-37-52)44-27-29-46(30-28-44)48-15-11-18-54(40-48)66-61-24-8-4-20-56(61)57-21-5-9-25-62(57)66/h1-42H. The monoisotopic (exact) mass is 854 g/mol. The molecule has 67 heavy (non-hydrogen) atoms. The Hall–Kier alpha value is -8.92. The van der Waals surface area contributed by atoms with Crippen LogP contribution >= 0.6 is 0 Å². The van der Waals surface area contributed by atoms with Crippen LogP contribution in [0, 0.1) is 0 Å². The summed E-state index contributed by atoms with van der Waals surface area (Å²) in [5.41, 5.74) is 17.8. The molecule has 0 aliphatic heterocycles. The minimum Gasteiger partial charge on any atom is -0.456 e. The molecular weight excluding hydrogens is 813 g/mol. The molecule has 13 aromatic rings. The van der Waals surface area contributed by atoms with Crippen molar-refractivity contribution >= 4 is 71.6 Å². The number of aromatic nitrogens is 1. The van der Waals surface area contributed by atoms with Crippen LogP contribution in [0.25, 0.3) is 105 Å². The van der Waals surface area contributed by atoms with Gasteiger partial charge >= 0.3 is 0 Å². The van der Waals surface area contributed by atoms with Gasteiger partial charge in [-0.3, -0.25) is 0 Å². The number of nitrogens with zero attached hydrogens (tertiary/aromatic N) is 2. The van der Waals surface area contributed by atoms with Gasteiger partial charge in [0.1, 0.15) is 11.2 Å². The van der Waals surface area contributed by atoms with Crippen LogP contribution in [0.1, 0.15) is 0 Å². The zero-order valence-corrected chi connectivity index (χ0v) is 36.6. The highest BCUT2D eigenvalue weighted by Crippen LogP contribution is 2.44. The third-order valence-corrected chi connectivity index (χ3v) is 13.4. The van der Waals surface area contributed by atoms with Gasteiger partial charge in [0.2, 0.25) is 0 Å². The summed E-state index contributed by atoms with van der Waals surface area (Å²) in [7, 11) is 0. The maximum absolute atomic E-state index is 6.34. The van der Waals surface area contributed by atoms with Crippen LogP contribution in [0.15, 0.2) is 259 Å². The van der Waals surface area contributed by atoms with Gasteiger partial charge in [0, 0.05) is 44.2 Å². The normalized spacial score (nSPS) is 11.6. The van der Waals surface area contributed by atoms with Gasteiger partial charge in [-0.05, 0) is 129 Å². The summed E-state index contributed by atoms with van der Waals surface area (Å²) in [5.74, 6) is 0. The highest BCUT2D eigenvalue weighted by Gasteiger charge is 2.19. The van der Waals surface area contributed by atoms with Gasteiger partial charge in [0.15, 0.2) is 0 Å². The van der Waals surface area contributed by atoms with Gasteiger partial charge in [0.05, 0.1) is 16.7 Å². The molecule has 314 valence electrons. The molecule has 0 aliphatic rings. The first-order valence-electron chi connectivity index (χ1n) is 22.9. The molecule has 0 fully saturated rings. The van der Waals surface area contributed by atoms with E-state index in [0.717, 1.165) is 66.9 Å². The van der Waals surface area contributed by atoms with E-state index in [-0.39, 0.29) is 0 Å². The molecule has 0 saturated carbocycles. The summed E-state index contributed by atoms with van der Waals surface area (Å²) >= 11 is 0. The van der Waals surface area contributed by atoms with Crippen molar-refractivity contribution in [3.05, 3.63) is 255 Å². The van der Waals surface area contributed by atoms with Gasteiger partial charge in [-0.1, -0.05) is 176 Å². The maximum atomic E-state index is 6.34. The number of hydrogen-bond donors (Lipinski definition) is 0. The van der Waals surface area contributed by atoms with E-state index in [1.807, 2.05) is 12.1 Å². The van der Waals surface area contributed by atoms with Crippen LogP contribution in [-0.2, 0) is 0 Å². The average Bonchev–Trinajstić information content (AvgIpc) is 3.95. The number of hydrogen-bond acceptors (Lipinski definition) is 2. The molecule has 0 bridgehead atoms. The molecule has 13 rings (SSSR count). The van der Waals surface area contributed by atoms with Gasteiger partial charge in [-0.25, -0.2) is 0 Å². The molecule has 2 heterocycles. The van der Waals surface area contributed by atoms with Crippen LogP contribution in [0.3, 0.4) is 0 Å². The summed E-state index contributed by atoms with van der Waals surface area (Å²) in [6.45, 7) is 0. The predicted molar refractivity (Wildman–Crippen MR) is 282 cm³/mol. The molecule has 2 aromatic heterocycles. The largest absolute Gasteiger partial charge is 0.456 e. The summed E-state index contributed by atoms with van der Waals surface area (Å²) in [6, 6.07) is 92.0. The summed E-state index contributed by atoms with van der Waals surface area (Å²) in [5, 5.41) is 7.24. The second kappa shape index (κ2) is 16.0. The Morgan fingerprint density at radius 1 is 0.299 bits per heavy atom. The van der Waals surface area contributed by atoms with Crippen LogP contribution in [0.5, 0.6) is 0 Å². The fourth-order valence-electron chi connectivity index (χ4n) is 10.1. The fraction of sp³-hybridized carbons (Fsp3) is 0. The van der Waals surface area contributed by atoms with Crippen molar-refractivity contribution in [3.8, 4) is 50.2 Å². The number of para-hydroxylation sites is 4. The van der Waals surface area contributed by atoms with E-state index < -0.39 is 0 Å². The smallest absolute Gasteiger partial charge is 0.136 e. The van der Waals surface area contributed by atoms with E-state index in [1.54, 1.807) is 0 Å². The Balaban J connectivity index is 0.867. The van der Waals surface area contributed by atoms with Gasteiger partial charge in [-0.15, -0.1) is 0 Å². The van der Waals surface area contributed by atoms with Crippen LogP contribution in [0.2, 0.25) is 0 Å². The summed E-state index contributed by atoms with van der Waals surface area (Å²) in [4.78, 5) is 2.39. The average molecular weight is 855 g/mol. The van der Waals surface area contributed by atoms with E-state index >= 15 is 0 Å². The Labute approximate surface area is 388 Å². The van der Waals surface area contributed by atoms with E-state index in [9.17, 15) is 0 Å². The molecule has 0 unspecified atom stereocenters. The lowest BCUT2D eigenvalue weighted by molar-refractivity contribution is 0.669. The third kappa shape index (κ3) is 6.76.